The first-order valence-corrected chi connectivity index (χ1v) is 8.25. The molecule has 0 aliphatic rings. The van der Waals surface area contributed by atoms with Gasteiger partial charge in [-0.25, -0.2) is 15.0 Å². The van der Waals surface area contributed by atoms with Crippen LogP contribution in [0.4, 0.5) is 5.95 Å². The van der Waals surface area contributed by atoms with Crippen LogP contribution in [0.5, 0.6) is 0 Å². The number of aldehydes is 1. The molecule has 0 radical (unpaired) electrons. The topological polar surface area (TPSA) is 81.8 Å². The Balaban J connectivity index is 1.84. The lowest BCUT2D eigenvalue weighted by Gasteiger charge is -2.09. The Morgan fingerprint density at radius 2 is 1.73 bits per heavy atom. The number of hydrogen-bond acceptors (Lipinski definition) is 5. The maximum Gasteiger partial charge on any atom is 0.220 e. The molecular formula is C21H16N4O. The number of hydrogen-bond donors (Lipinski definition) is 1. The number of rotatable bonds is 4. The van der Waals surface area contributed by atoms with Gasteiger partial charge in [-0.3, -0.25) is 4.79 Å². The highest BCUT2D eigenvalue weighted by molar-refractivity contribution is 5.83. The summed E-state index contributed by atoms with van der Waals surface area (Å²) in [6, 6.07) is 21.2. The van der Waals surface area contributed by atoms with E-state index < -0.39 is 0 Å². The van der Waals surface area contributed by atoms with Crippen molar-refractivity contribution in [2.75, 3.05) is 5.73 Å². The van der Waals surface area contributed by atoms with Crippen molar-refractivity contribution in [3.63, 3.8) is 0 Å². The molecule has 0 bridgehead atoms. The van der Waals surface area contributed by atoms with Crippen molar-refractivity contribution in [1.82, 2.24) is 15.0 Å². The van der Waals surface area contributed by atoms with E-state index in [2.05, 4.69) is 9.97 Å². The number of benzene rings is 2. The molecule has 5 nitrogen and oxygen atoms in total. The van der Waals surface area contributed by atoms with Crippen LogP contribution in [0.2, 0.25) is 0 Å². The number of carbonyl (C=O) groups is 1. The van der Waals surface area contributed by atoms with Gasteiger partial charge in [0.25, 0.3) is 0 Å². The van der Waals surface area contributed by atoms with E-state index in [0.29, 0.717) is 17.5 Å². The van der Waals surface area contributed by atoms with Crippen LogP contribution in [0.25, 0.3) is 22.3 Å². The average molecular weight is 340 g/mol. The summed E-state index contributed by atoms with van der Waals surface area (Å²) in [5, 5.41) is 0. The summed E-state index contributed by atoms with van der Waals surface area (Å²) in [6.45, 7) is 0. The third-order valence-electron chi connectivity index (χ3n) is 4.16. The number of carbonyl (C=O) groups excluding carboxylic acids is 1. The summed E-state index contributed by atoms with van der Waals surface area (Å²) in [7, 11) is 0. The standard InChI is InChI=1S/C21H16N4O/c22-21-24-18-10-9-17(16-8-4-7-15(11-16)13-26)23-20(18)19(25-21)12-14-5-2-1-3-6-14/h1-11,13H,12H2,(H2,22,24,25). The Morgan fingerprint density at radius 1 is 0.885 bits per heavy atom. The molecule has 0 aliphatic heterocycles. The van der Waals surface area contributed by atoms with Gasteiger partial charge in [0, 0.05) is 17.5 Å². The van der Waals surface area contributed by atoms with Crippen molar-refractivity contribution >= 4 is 23.3 Å². The molecule has 0 aliphatic carbocycles. The van der Waals surface area contributed by atoms with Gasteiger partial charge in [0.1, 0.15) is 11.8 Å². The highest BCUT2D eigenvalue weighted by Gasteiger charge is 2.11. The zero-order valence-corrected chi connectivity index (χ0v) is 14.0. The fourth-order valence-corrected chi connectivity index (χ4v) is 2.94. The van der Waals surface area contributed by atoms with E-state index in [9.17, 15) is 4.79 Å². The van der Waals surface area contributed by atoms with Crippen LogP contribution in [0.3, 0.4) is 0 Å². The van der Waals surface area contributed by atoms with Crippen LogP contribution in [-0.2, 0) is 6.42 Å². The molecule has 5 heteroatoms. The molecule has 26 heavy (non-hydrogen) atoms. The van der Waals surface area contributed by atoms with Crippen molar-refractivity contribution in [1.29, 1.82) is 0 Å². The molecule has 2 N–H and O–H groups in total. The smallest absolute Gasteiger partial charge is 0.220 e. The first kappa shape index (κ1) is 15.9. The minimum absolute atomic E-state index is 0.237. The minimum atomic E-state index is 0.237. The van der Waals surface area contributed by atoms with Gasteiger partial charge in [0.2, 0.25) is 5.95 Å². The number of fused-ring (bicyclic) bond motifs is 1. The first-order chi connectivity index (χ1) is 12.7. The van der Waals surface area contributed by atoms with Crippen molar-refractivity contribution in [2.24, 2.45) is 0 Å². The van der Waals surface area contributed by atoms with E-state index in [1.165, 1.54) is 0 Å². The predicted octanol–water partition coefficient (Wildman–Crippen LogP) is 3.68. The van der Waals surface area contributed by atoms with Gasteiger partial charge in [-0.15, -0.1) is 0 Å². The summed E-state index contributed by atoms with van der Waals surface area (Å²) in [6.07, 6.45) is 1.45. The SMILES string of the molecule is Nc1nc(Cc2ccccc2)c2nc(-c3cccc(C=O)c3)ccc2n1. The largest absolute Gasteiger partial charge is 0.368 e. The van der Waals surface area contributed by atoms with Crippen LogP contribution in [-0.4, -0.2) is 21.2 Å². The third-order valence-corrected chi connectivity index (χ3v) is 4.16. The summed E-state index contributed by atoms with van der Waals surface area (Å²) < 4.78 is 0. The summed E-state index contributed by atoms with van der Waals surface area (Å²) in [5.74, 6) is 0.237. The quantitative estimate of drug-likeness (QED) is 0.573. The Kier molecular flexibility index (Phi) is 4.11. The molecule has 4 rings (SSSR count). The Hall–Kier alpha value is -3.60. The number of pyridine rings is 1. The molecule has 4 aromatic rings. The lowest BCUT2D eigenvalue weighted by atomic mass is 10.1. The summed E-state index contributed by atoms with van der Waals surface area (Å²) in [5.41, 5.74) is 11.5. The zero-order valence-electron chi connectivity index (χ0n) is 14.0. The third kappa shape index (κ3) is 3.15. The number of nitrogen functional groups attached to an aromatic ring is 1. The molecule has 0 spiro atoms. The van der Waals surface area contributed by atoms with E-state index in [0.717, 1.165) is 34.3 Å². The first-order valence-electron chi connectivity index (χ1n) is 8.25. The normalized spacial score (nSPS) is 10.8. The van der Waals surface area contributed by atoms with Crippen LogP contribution >= 0.6 is 0 Å². The van der Waals surface area contributed by atoms with E-state index in [1.54, 1.807) is 6.07 Å². The summed E-state index contributed by atoms with van der Waals surface area (Å²) >= 11 is 0. The average Bonchev–Trinajstić information content (AvgIpc) is 2.68. The van der Waals surface area contributed by atoms with E-state index >= 15 is 0 Å². The Morgan fingerprint density at radius 3 is 2.54 bits per heavy atom. The summed E-state index contributed by atoms with van der Waals surface area (Å²) in [4.78, 5) is 24.5. The molecule has 0 atom stereocenters. The minimum Gasteiger partial charge on any atom is -0.368 e. The van der Waals surface area contributed by atoms with Crippen molar-refractivity contribution < 1.29 is 4.79 Å². The maximum atomic E-state index is 11.0. The van der Waals surface area contributed by atoms with Gasteiger partial charge >= 0.3 is 0 Å². The molecule has 0 saturated heterocycles. The fourth-order valence-electron chi connectivity index (χ4n) is 2.94. The van der Waals surface area contributed by atoms with E-state index in [4.69, 9.17) is 10.7 Å². The monoisotopic (exact) mass is 340 g/mol. The number of aromatic nitrogens is 3. The molecule has 0 fully saturated rings. The second-order valence-corrected chi connectivity index (χ2v) is 6.00. The van der Waals surface area contributed by atoms with E-state index in [-0.39, 0.29) is 5.95 Å². The maximum absolute atomic E-state index is 11.0. The van der Waals surface area contributed by atoms with Crippen LogP contribution < -0.4 is 5.73 Å². The van der Waals surface area contributed by atoms with Crippen molar-refractivity contribution in [3.8, 4) is 11.3 Å². The molecule has 0 unspecified atom stereocenters. The lowest BCUT2D eigenvalue weighted by Crippen LogP contribution is -2.03. The van der Waals surface area contributed by atoms with Gasteiger partial charge in [-0.05, 0) is 23.8 Å². The van der Waals surface area contributed by atoms with Gasteiger partial charge in [-0.1, -0.05) is 48.5 Å². The van der Waals surface area contributed by atoms with Gasteiger partial charge in [-0.2, -0.15) is 0 Å². The number of nitrogens with zero attached hydrogens (tertiary/aromatic N) is 3. The second-order valence-electron chi connectivity index (χ2n) is 6.00. The highest BCUT2D eigenvalue weighted by atomic mass is 16.1. The molecule has 2 heterocycles. The predicted molar refractivity (Wildman–Crippen MR) is 102 cm³/mol. The van der Waals surface area contributed by atoms with Crippen LogP contribution in [0.1, 0.15) is 21.6 Å². The van der Waals surface area contributed by atoms with Crippen molar-refractivity contribution in [3.05, 3.63) is 83.6 Å². The zero-order chi connectivity index (χ0) is 17.9. The Labute approximate surface area is 150 Å². The number of anilines is 1. The fraction of sp³-hybridized carbons (Fsp3) is 0.0476. The second kappa shape index (κ2) is 6.72. The van der Waals surface area contributed by atoms with Crippen LogP contribution in [0.15, 0.2) is 66.7 Å². The molecule has 2 aromatic carbocycles. The molecule has 0 saturated carbocycles. The van der Waals surface area contributed by atoms with Gasteiger partial charge in [0.05, 0.1) is 16.9 Å². The number of nitrogens with two attached hydrogens (primary N) is 1. The molecule has 0 amide bonds. The highest BCUT2D eigenvalue weighted by Crippen LogP contribution is 2.24. The van der Waals surface area contributed by atoms with Crippen molar-refractivity contribution in [2.45, 2.75) is 6.42 Å². The molecular weight excluding hydrogens is 324 g/mol. The van der Waals surface area contributed by atoms with Gasteiger partial charge in [0.15, 0.2) is 0 Å². The van der Waals surface area contributed by atoms with Crippen LogP contribution in [0, 0.1) is 0 Å². The van der Waals surface area contributed by atoms with Gasteiger partial charge < -0.3 is 5.73 Å². The molecule has 126 valence electrons. The molecule has 2 aromatic heterocycles. The lowest BCUT2D eigenvalue weighted by molar-refractivity contribution is 0.112. The Bertz CT molecular complexity index is 1090. The van der Waals surface area contributed by atoms with E-state index in [1.807, 2.05) is 60.7 Å².